The molecule has 146 valence electrons. The summed E-state index contributed by atoms with van der Waals surface area (Å²) in [7, 11) is 1.90. The molecule has 0 aliphatic heterocycles. The van der Waals surface area contributed by atoms with Crippen LogP contribution in [0.15, 0.2) is 28.1 Å². The molecule has 0 amide bonds. The zero-order valence-corrected chi connectivity index (χ0v) is 17.3. The third-order valence-electron chi connectivity index (χ3n) is 5.34. The predicted molar refractivity (Wildman–Crippen MR) is 111 cm³/mol. The molecule has 7 nitrogen and oxygen atoms in total. The maximum Gasteiger partial charge on any atom is 0.258 e. The molecular formula is C19H21ClN6OS. The molecule has 0 spiro atoms. The number of hydrogen-bond donors (Lipinski definition) is 1. The lowest BCUT2D eigenvalue weighted by Gasteiger charge is -2.17. The quantitative estimate of drug-likeness (QED) is 0.537. The molecule has 0 atom stereocenters. The predicted octanol–water partition coefficient (Wildman–Crippen LogP) is 4.21. The van der Waals surface area contributed by atoms with E-state index in [0.29, 0.717) is 11.7 Å². The van der Waals surface area contributed by atoms with Gasteiger partial charge in [0.15, 0.2) is 11.5 Å². The topological polar surface area (TPSA) is 95.7 Å². The van der Waals surface area contributed by atoms with E-state index in [2.05, 4.69) is 16.3 Å². The van der Waals surface area contributed by atoms with Crippen molar-refractivity contribution in [2.24, 2.45) is 12.8 Å². The standard InChI is InChI=1S/C19H20N6OS.ClH/c1-11-15-12(17-22-18(24-26-17)19(20)7-3-4-8-19)10-13(14-6-5-9-27-14)21-16(15)25(2)23-11;/h5-6,9-10H,3-4,7-8,20H2,1-2H3;1H. The molecule has 1 fully saturated rings. The van der Waals surface area contributed by atoms with Crippen LogP contribution in [0.25, 0.3) is 33.1 Å². The van der Waals surface area contributed by atoms with E-state index in [9.17, 15) is 0 Å². The molecule has 1 saturated carbocycles. The second-order valence-electron chi connectivity index (χ2n) is 7.23. The van der Waals surface area contributed by atoms with Gasteiger partial charge in [-0.15, -0.1) is 23.7 Å². The molecule has 0 aromatic carbocycles. The molecule has 0 saturated heterocycles. The molecule has 2 N–H and O–H groups in total. The molecule has 4 aromatic rings. The van der Waals surface area contributed by atoms with Crippen LogP contribution < -0.4 is 5.73 Å². The highest BCUT2D eigenvalue weighted by molar-refractivity contribution is 7.13. The monoisotopic (exact) mass is 416 g/mol. The third-order valence-corrected chi connectivity index (χ3v) is 6.23. The second-order valence-corrected chi connectivity index (χ2v) is 8.17. The zero-order valence-electron chi connectivity index (χ0n) is 15.7. The van der Waals surface area contributed by atoms with Crippen molar-refractivity contribution in [2.45, 2.75) is 38.1 Å². The Balaban J connectivity index is 0.00000192. The van der Waals surface area contributed by atoms with Gasteiger partial charge in [-0.1, -0.05) is 24.1 Å². The number of thiophene rings is 1. The van der Waals surface area contributed by atoms with Crippen molar-refractivity contribution < 1.29 is 4.52 Å². The van der Waals surface area contributed by atoms with Gasteiger partial charge in [-0.05, 0) is 37.3 Å². The summed E-state index contributed by atoms with van der Waals surface area (Å²) < 4.78 is 7.47. The largest absolute Gasteiger partial charge is 0.334 e. The Morgan fingerprint density at radius 1 is 1.25 bits per heavy atom. The highest BCUT2D eigenvalue weighted by Gasteiger charge is 2.36. The van der Waals surface area contributed by atoms with E-state index < -0.39 is 5.54 Å². The molecule has 0 radical (unpaired) electrons. The van der Waals surface area contributed by atoms with Gasteiger partial charge < -0.3 is 10.3 Å². The Morgan fingerprint density at radius 2 is 2.04 bits per heavy atom. The molecule has 4 heterocycles. The van der Waals surface area contributed by atoms with Crippen LogP contribution >= 0.6 is 23.7 Å². The minimum absolute atomic E-state index is 0. The van der Waals surface area contributed by atoms with Gasteiger partial charge in [0.25, 0.3) is 5.89 Å². The van der Waals surface area contributed by atoms with Crippen molar-refractivity contribution in [3.63, 3.8) is 0 Å². The van der Waals surface area contributed by atoms with E-state index in [4.69, 9.17) is 20.2 Å². The van der Waals surface area contributed by atoms with Gasteiger partial charge in [-0.3, -0.25) is 4.68 Å². The van der Waals surface area contributed by atoms with Crippen LogP contribution in [-0.2, 0) is 12.6 Å². The second kappa shape index (κ2) is 6.95. The first kappa shape index (κ1) is 19.0. The number of aryl methyl sites for hydroxylation is 2. The molecule has 0 bridgehead atoms. The van der Waals surface area contributed by atoms with Gasteiger partial charge in [0.1, 0.15) is 0 Å². The van der Waals surface area contributed by atoms with Crippen LogP contribution in [0.4, 0.5) is 0 Å². The fraction of sp³-hybridized carbons (Fsp3) is 0.368. The Morgan fingerprint density at radius 3 is 2.75 bits per heavy atom. The van der Waals surface area contributed by atoms with Crippen molar-refractivity contribution >= 4 is 34.8 Å². The summed E-state index contributed by atoms with van der Waals surface area (Å²) in [4.78, 5) is 10.6. The van der Waals surface area contributed by atoms with Crippen LogP contribution in [0.3, 0.4) is 0 Å². The number of halogens is 1. The minimum Gasteiger partial charge on any atom is -0.334 e. The summed E-state index contributed by atoms with van der Waals surface area (Å²) in [5.41, 5.74) is 9.45. The average molecular weight is 417 g/mol. The molecule has 1 aliphatic rings. The van der Waals surface area contributed by atoms with E-state index in [0.717, 1.165) is 58.5 Å². The molecule has 28 heavy (non-hydrogen) atoms. The molecule has 9 heteroatoms. The van der Waals surface area contributed by atoms with Crippen molar-refractivity contribution in [1.82, 2.24) is 24.9 Å². The number of pyridine rings is 1. The van der Waals surface area contributed by atoms with Gasteiger partial charge >= 0.3 is 0 Å². The first-order valence-electron chi connectivity index (χ1n) is 9.07. The minimum atomic E-state index is -0.478. The fourth-order valence-electron chi connectivity index (χ4n) is 3.93. The summed E-state index contributed by atoms with van der Waals surface area (Å²) in [5, 5.41) is 11.7. The summed E-state index contributed by atoms with van der Waals surface area (Å²) in [6, 6.07) is 6.08. The molecule has 5 rings (SSSR count). The first-order valence-corrected chi connectivity index (χ1v) is 9.95. The van der Waals surface area contributed by atoms with Crippen LogP contribution in [-0.4, -0.2) is 24.9 Å². The van der Waals surface area contributed by atoms with Crippen LogP contribution in [0.2, 0.25) is 0 Å². The van der Waals surface area contributed by atoms with E-state index in [1.165, 1.54) is 0 Å². The van der Waals surface area contributed by atoms with E-state index in [-0.39, 0.29) is 12.4 Å². The van der Waals surface area contributed by atoms with Gasteiger partial charge in [0.2, 0.25) is 0 Å². The number of hydrogen-bond acceptors (Lipinski definition) is 7. The molecule has 4 aromatic heterocycles. The van der Waals surface area contributed by atoms with Gasteiger partial charge in [0, 0.05) is 7.05 Å². The molecular weight excluding hydrogens is 396 g/mol. The lowest BCUT2D eigenvalue weighted by atomic mass is 9.98. The maximum atomic E-state index is 6.51. The van der Waals surface area contributed by atoms with Crippen molar-refractivity contribution in [3.05, 3.63) is 35.1 Å². The number of nitrogens with zero attached hydrogens (tertiary/aromatic N) is 5. The lowest BCUT2D eigenvalue weighted by molar-refractivity contribution is 0.373. The normalized spacial score (nSPS) is 15.8. The maximum absolute atomic E-state index is 6.51. The van der Waals surface area contributed by atoms with Crippen LogP contribution in [0.5, 0.6) is 0 Å². The van der Waals surface area contributed by atoms with Gasteiger partial charge in [-0.25, -0.2) is 4.98 Å². The summed E-state index contributed by atoms with van der Waals surface area (Å²) in [6.45, 7) is 1.97. The number of nitrogens with two attached hydrogens (primary N) is 1. The number of fused-ring (bicyclic) bond motifs is 1. The average Bonchev–Trinajstić information content (AvgIpc) is 3.42. The Kier molecular flexibility index (Phi) is 4.73. The summed E-state index contributed by atoms with van der Waals surface area (Å²) >= 11 is 1.65. The van der Waals surface area contributed by atoms with Crippen molar-refractivity contribution in [3.8, 4) is 22.0 Å². The van der Waals surface area contributed by atoms with E-state index in [1.54, 1.807) is 16.0 Å². The summed E-state index contributed by atoms with van der Waals surface area (Å²) in [5.74, 6) is 1.07. The third kappa shape index (κ3) is 2.92. The smallest absolute Gasteiger partial charge is 0.258 e. The van der Waals surface area contributed by atoms with E-state index in [1.807, 2.05) is 31.5 Å². The zero-order chi connectivity index (χ0) is 18.6. The van der Waals surface area contributed by atoms with Crippen molar-refractivity contribution in [1.29, 1.82) is 0 Å². The Hall–Kier alpha value is -2.29. The molecule has 1 aliphatic carbocycles. The Labute approximate surface area is 172 Å². The van der Waals surface area contributed by atoms with Gasteiger partial charge in [0.05, 0.1) is 32.8 Å². The molecule has 0 unspecified atom stereocenters. The first-order chi connectivity index (χ1) is 13.0. The SMILES string of the molecule is Cc1nn(C)c2nc(-c3cccs3)cc(-c3nc(C4(N)CCCC4)no3)c12.Cl. The Bertz CT molecular complexity index is 1130. The van der Waals surface area contributed by atoms with Crippen LogP contribution in [0, 0.1) is 6.92 Å². The lowest BCUT2D eigenvalue weighted by Crippen LogP contribution is -2.34. The van der Waals surface area contributed by atoms with Gasteiger partial charge in [-0.2, -0.15) is 10.1 Å². The van der Waals surface area contributed by atoms with Crippen molar-refractivity contribution in [2.75, 3.05) is 0 Å². The van der Waals surface area contributed by atoms with E-state index >= 15 is 0 Å². The number of aromatic nitrogens is 5. The van der Waals surface area contributed by atoms with Crippen LogP contribution in [0.1, 0.15) is 37.2 Å². The highest BCUT2D eigenvalue weighted by atomic mass is 35.5. The highest BCUT2D eigenvalue weighted by Crippen LogP contribution is 2.38. The number of rotatable bonds is 3. The fourth-order valence-corrected chi connectivity index (χ4v) is 4.61. The summed E-state index contributed by atoms with van der Waals surface area (Å²) in [6.07, 6.45) is 3.99.